The molecule has 2 aromatic rings. The van der Waals surface area contributed by atoms with Gasteiger partial charge in [0.2, 0.25) is 0 Å². The van der Waals surface area contributed by atoms with Crippen molar-refractivity contribution in [1.29, 1.82) is 0 Å². The number of carbonyl (C=O) groups is 3. The summed E-state index contributed by atoms with van der Waals surface area (Å²) < 4.78 is 32.8. The predicted octanol–water partition coefficient (Wildman–Crippen LogP) is 3.14. The number of nitrogens with one attached hydrogen (secondary N) is 2. The van der Waals surface area contributed by atoms with E-state index in [4.69, 9.17) is 4.74 Å². The number of fused-ring (bicyclic) bond motifs is 1. The lowest BCUT2D eigenvalue weighted by atomic mass is 9.96. The lowest BCUT2D eigenvalue weighted by molar-refractivity contribution is -0.123. The second-order valence-electron chi connectivity index (χ2n) is 8.77. The molecule has 0 aromatic heterocycles. The van der Waals surface area contributed by atoms with E-state index in [1.807, 2.05) is 18.2 Å². The molecule has 10 heteroatoms. The van der Waals surface area contributed by atoms with E-state index in [0.717, 1.165) is 50.5 Å². The van der Waals surface area contributed by atoms with Crippen LogP contribution >= 0.6 is 0 Å². The minimum absolute atomic E-state index is 0.0484. The van der Waals surface area contributed by atoms with E-state index >= 15 is 0 Å². The maximum absolute atomic E-state index is 13.2. The summed E-state index contributed by atoms with van der Waals surface area (Å²) in [6, 6.07) is 12.2. The highest BCUT2D eigenvalue weighted by Gasteiger charge is 2.29. The van der Waals surface area contributed by atoms with E-state index in [1.54, 1.807) is 6.07 Å². The number of rotatable bonds is 6. The van der Waals surface area contributed by atoms with Crippen LogP contribution in [0.3, 0.4) is 0 Å². The second kappa shape index (κ2) is 10.9. The first kappa shape index (κ1) is 24.7. The molecule has 1 aliphatic carbocycles. The number of para-hydroxylation sites is 1. The van der Waals surface area contributed by atoms with Crippen LogP contribution in [0.25, 0.3) is 0 Å². The number of hydrogen-bond donors (Lipinski definition) is 2. The molecular weight excluding hydrogens is 470 g/mol. The summed E-state index contributed by atoms with van der Waals surface area (Å²) in [7, 11) is -3.80. The maximum Gasteiger partial charge on any atom is 0.338 e. The smallest absolute Gasteiger partial charge is 0.338 e. The number of esters is 1. The van der Waals surface area contributed by atoms with E-state index < -0.39 is 34.5 Å². The van der Waals surface area contributed by atoms with Crippen molar-refractivity contribution in [3.63, 3.8) is 0 Å². The SMILES string of the molecule is O=C(COC(=O)c1ccc(S(=O)(=O)N2CCCc3ccccc32)cc1)NC(=O)NC1CCCCC1. The van der Waals surface area contributed by atoms with Crippen LogP contribution in [0, 0.1) is 0 Å². The summed E-state index contributed by atoms with van der Waals surface area (Å²) in [5.41, 5.74) is 1.75. The summed E-state index contributed by atoms with van der Waals surface area (Å²) in [6.07, 6.45) is 6.54. The zero-order valence-corrected chi connectivity index (χ0v) is 20.2. The minimum Gasteiger partial charge on any atom is -0.452 e. The molecule has 3 amide bonds. The molecule has 0 spiro atoms. The van der Waals surface area contributed by atoms with Crippen molar-refractivity contribution in [2.24, 2.45) is 0 Å². The number of ether oxygens (including phenoxy) is 1. The van der Waals surface area contributed by atoms with Gasteiger partial charge in [0.05, 0.1) is 16.1 Å². The molecule has 1 heterocycles. The van der Waals surface area contributed by atoms with Crippen molar-refractivity contribution >= 4 is 33.6 Å². The standard InChI is InChI=1S/C25H29N3O6S/c29-23(27-25(31)26-20-9-2-1-3-10-20)17-34-24(30)19-12-14-21(15-13-19)35(32,33)28-16-6-8-18-7-4-5-11-22(18)28/h4-5,7,11-15,20H,1-3,6,8-10,16-17H2,(H2,26,27,29,31). The van der Waals surface area contributed by atoms with Crippen molar-refractivity contribution in [2.75, 3.05) is 17.5 Å². The van der Waals surface area contributed by atoms with Gasteiger partial charge in [-0.25, -0.2) is 18.0 Å². The zero-order valence-electron chi connectivity index (χ0n) is 19.4. The fourth-order valence-corrected chi connectivity index (χ4v) is 6.03. The highest BCUT2D eigenvalue weighted by atomic mass is 32.2. The Bertz CT molecular complexity index is 1190. The predicted molar refractivity (Wildman–Crippen MR) is 130 cm³/mol. The van der Waals surface area contributed by atoms with Gasteiger partial charge in [0.15, 0.2) is 6.61 Å². The number of sulfonamides is 1. The quantitative estimate of drug-likeness (QED) is 0.589. The van der Waals surface area contributed by atoms with Gasteiger partial charge in [-0.2, -0.15) is 0 Å². The third-order valence-electron chi connectivity index (χ3n) is 6.27. The molecule has 1 aliphatic heterocycles. The molecule has 1 fully saturated rings. The number of carbonyl (C=O) groups excluding carboxylic acids is 3. The zero-order chi connectivity index (χ0) is 24.8. The number of benzene rings is 2. The van der Waals surface area contributed by atoms with Crippen molar-refractivity contribution in [2.45, 2.75) is 55.9 Å². The average Bonchev–Trinajstić information content (AvgIpc) is 2.87. The highest BCUT2D eigenvalue weighted by Crippen LogP contribution is 2.31. The highest BCUT2D eigenvalue weighted by molar-refractivity contribution is 7.92. The number of nitrogens with zero attached hydrogens (tertiary/aromatic N) is 1. The molecule has 2 N–H and O–H groups in total. The molecule has 1 saturated carbocycles. The normalized spacial score (nSPS) is 16.2. The van der Waals surface area contributed by atoms with Crippen molar-refractivity contribution < 1.29 is 27.5 Å². The number of anilines is 1. The van der Waals surface area contributed by atoms with Gasteiger partial charge in [-0.3, -0.25) is 14.4 Å². The Kier molecular flexibility index (Phi) is 7.70. The third kappa shape index (κ3) is 6.00. The largest absolute Gasteiger partial charge is 0.452 e. The van der Waals surface area contributed by atoms with Crippen LogP contribution in [0.5, 0.6) is 0 Å². The van der Waals surface area contributed by atoms with E-state index in [9.17, 15) is 22.8 Å². The van der Waals surface area contributed by atoms with Crippen molar-refractivity contribution in [3.8, 4) is 0 Å². The van der Waals surface area contributed by atoms with Crippen molar-refractivity contribution in [3.05, 3.63) is 59.7 Å². The van der Waals surface area contributed by atoms with Crippen LogP contribution in [0.2, 0.25) is 0 Å². The Labute approximate surface area is 204 Å². The molecule has 2 aromatic carbocycles. The van der Waals surface area contributed by atoms with E-state index in [0.29, 0.717) is 12.2 Å². The molecule has 0 bridgehead atoms. The molecule has 0 unspecified atom stereocenters. The third-order valence-corrected chi connectivity index (χ3v) is 8.10. The topological polar surface area (TPSA) is 122 Å². The maximum atomic E-state index is 13.2. The summed E-state index contributed by atoms with van der Waals surface area (Å²) >= 11 is 0. The molecule has 0 atom stereocenters. The molecule has 186 valence electrons. The number of aryl methyl sites for hydroxylation is 1. The van der Waals surface area contributed by atoms with Gasteiger partial charge in [-0.1, -0.05) is 37.5 Å². The number of urea groups is 1. The number of amides is 3. The van der Waals surface area contributed by atoms with Crippen LogP contribution in [-0.4, -0.2) is 45.5 Å². The first-order valence-electron chi connectivity index (χ1n) is 11.8. The fraction of sp³-hybridized carbons (Fsp3) is 0.400. The molecule has 9 nitrogen and oxygen atoms in total. The lowest BCUT2D eigenvalue weighted by Crippen LogP contribution is -2.46. The minimum atomic E-state index is -3.80. The Morgan fingerprint density at radius 3 is 2.40 bits per heavy atom. The van der Waals surface area contributed by atoms with Gasteiger partial charge in [0.25, 0.3) is 15.9 Å². The number of hydrogen-bond acceptors (Lipinski definition) is 6. The van der Waals surface area contributed by atoms with E-state index in [-0.39, 0.29) is 16.5 Å². The first-order chi connectivity index (χ1) is 16.8. The van der Waals surface area contributed by atoms with E-state index in [1.165, 1.54) is 28.6 Å². The summed E-state index contributed by atoms with van der Waals surface area (Å²) in [4.78, 5) is 36.3. The van der Waals surface area contributed by atoms with Gasteiger partial charge < -0.3 is 10.1 Å². The lowest BCUT2D eigenvalue weighted by Gasteiger charge is -2.30. The average molecular weight is 500 g/mol. The Morgan fingerprint density at radius 1 is 0.943 bits per heavy atom. The fourth-order valence-electron chi connectivity index (χ4n) is 4.48. The van der Waals surface area contributed by atoms with Gasteiger partial charge >= 0.3 is 12.0 Å². The molecular formula is C25H29N3O6S. The molecule has 2 aliphatic rings. The van der Waals surface area contributed by atoms with Gasteiger partial charge in [-0.15, -0.1) is 0 Å². The van der Waals surface area contributed by atoms with Crippen molar-refractivity contribution in [1.82, 2.24) is 10.6 Å². The monoisotopic (exact) mass is 499 g/mol. The molecule has 0 saturated heterocycles. The molecule has 4 rings (SSSR count). The Balaban J connectivity index is 1.32. The summed E-state index contributed by atoms with van der Waals surface area (Å²) in [5.74, 6) is -1.53. The van der Waals surface area contributed by atoms with E-state index in [2.05, 4.69) is 10.6 Å². The van der Waals surface area contributed by atoms with Crippen LogP contribution < -0.4 is 14.9 Å². The second-order valence-corrected chi connectivity index (χ2v) is 10.6. The first-order valence-corrected chi connectivity index (χ1v) is 13.3. The van der Waals surface area contributed by atoms with Crippen LogP contribution in [-0.2, 0) is 26.0 Å². The molecule has 35 heavy (non-hydrogen) atoms. The van der Waals surface area contributed by atoms with Crippen LogP contribution in [0.1, 0.15) is 54.4 Å². The summed E-state index contributed by atoms with van der Waals surface area (Å²) in [6.45, 7) is -0.242. The molecule has 0 radical (unpaired) electrons. The summed E-state index contributed by atoms with van der Waals surface area (Å²) in [5, 5.41) is 4.91. The number of imide groups is 1. The Morgan fingerprint density at radius 2 is 1.66 bits per heavy atom. The van der Waals surface area contributed by atoms with Gasteiger partial charge in [0.1, 0.15) is 0 Å². The van der Waals surface area contributed by atoms with Gasteiger partial charge in [-0.05, 0) is 61.6 Å². The van der Waals surface area contributed by atoms with Crippen LogP contribution in [0.4, 0.5) is 10.5 Å². The van der Waals surface area contributed by atoms with Crippen LogP contribution in [0.15, 0.2) is 53.4 Å². The Hall–Kier alpha value is -3.40. The van der Waals surface area contributed by atoms with Gasteiger partial charge in [0, 0.05) is 12.6 Å².